The van der Waals surface area contributed by atoms with Gasteiger partial charge in [0.05, 0.1) is 0 Å². The molecule has 0 aliphatic heterocycles. The van der Waals surface area contributed by atoms with E-state index in [-0.39, 0.29) is 5.78 Å². The molecule has 0 heterocycles. The predicted octanol–water partition coefficient (Wildman–Crippen LogP) is 3.86. The van der Waals surface area contributed by atoms with Crippen molar-refractivity contribution < 1.29 is 9.53 Å². The van der Waals surface area contributed by atoms with Gasteiger partial charge in [-0.25, -0.2) is 0 Å². The fraction of sp³-hybridized carbons (Fsp3) is 0.188. The summed E-state index contributed by atoms with van der Waals surface area (Å²) in [5, 5.41) is 0. The maximum atomic E-state index is 11.5. The standard InChI is InChI=1S/C16H16O2/c1-2-16(17)14-10-8-13(9-11-14)12-18-15-6-4-3-5-7-15/h3-11H,2,12H2,1H3. The molecule has 0 saturated carbocycles. The molecule has 0 amide bonds. The highest BCUT2D eigenvalue weighted by atomic mass is 16.5. The van der Waals surface area contributed by atoms with E-state index in [1.807, 2.05) is 61.5 Å². The van der Waals surface area contributed by atoms with Gasteiger partial charge in [0.1, 0.15) is 12.4 Å². The van der Waals surface area contributed by atoms with Crippen LogP contribution >= 0.6 is 0 Å². The summed E-state index contributed by atoms with van der Waals surface area (Å²) in [5.41, 5.74) is 1.83. The van der Waals surface area contributed by atoms with E-state index in [9.17, 15) is 4.79 Å². The molecule has 0 aliphatic rings. The number of para-hydroxylation sites is 1. The predicted molar refractivity (Wildman–Crippen MR) is 71.8 cm³/mol. The highest BCUT2D eigenvalue weighted by Gasteiger charge is 2.02. The van der Waals surface area contributed by atoms with Crippen LogP contribution in [0.4, 0.5) is 0 Å². The second-order valence-electron chi connectivity index (χ2n) is 4.08. The molecule has 0 spiro atoms. The Kier molecular flexibility index (Phi) is 4.13. The second kappa shape index (κ2) is 6.01. The van der Waals surface area contributed by atoms with Crippen molar-refractivity contribution in [3.63, 3.8) is 0 Å². The lowest BCUT2D eigenvalue weighted by Crippen LogP contribution is -1.98. The first-order valence-corrected chi connectivity index (χ1v) is 6.09. The maximum Gasteiger partial charge on any atom is 0.162 e. The summed E-state index contributed by atoms with van der Waals surface area (Å²) in [4.78, 5) is 11.5. The summed E-state index contributed by atoms with van der Waals surface area (Å²) in [6, 6.07) is 17.3. The van der Waals surface area contributed by atoms with Gasteiger partial charge in [-0.1, -0.05) is 49.4 Å². The van der Waals surface area contributed by atoms with Gasteiger partial charge < -0.3 is 4.74 Å². The van der Waals surface area contributed by atoms with E-state index in [4.69, 9.17) is 4.74 Å². The molecule has 18 heavy (non-hydrogen) atoms. The monoisotopic (exact) mass is 240 g/mol. The third-order valence-electron chi connectivity index (χ3n) is 2.75. The van der Waals surface area contributed by atoms with Crippen LogP contribution in [0.5, 0.6) is 5.75 Å². The van der Waals surface area contributed by atoms with E-state index >= 15 is 0 Å². The minimum Gasteiger partial charge on any atom is -0.489 e. The van der Waals surface area contributed by atoms with Crippen LogP contribution in [0, 0.1) is 0 Å². The molecule has 0 radical (unpaired) electrons. The second-order valence-corrected chi connectivity index (χ2v) is 4.08. The van der Waals surface area contributed by atoms with Crippen molar-refractivity contribution in [1.29, 1.82) is 0 Å². The van der Waals surface area contributed by atoms with Crippen molar-refractivity contribution in [1.82, 2.24) is 0 Å². The van der Waals surface area contributed by atoms with Crippen LogP contribution in [0.3, 0.4) is 0 Å². The number of rotatable bonds is 5. The fourth-order valence-corrected chi connectivity index (χ4v) is 1.67. The summed E-state index contributed by atoms with van der Waals surface area (Å²) < 4.78 is 5.63. The molecule has 92 valence electrons. The van der Waals surface area contributed by atoms with E-state index in [0.29, 0.717) is 13.0 Å². The number of carbonyl (C=O) groups excluding carboxylic acids is 1. The Bertz CT molecular complexity index is 500. The van der Waals surface area contributed by atoms with Crippen LogP contribution < -0.4 is 4.74 Å². The van der Waals surface area contributed by atoms with Gasteiger partial charge in [0.25, 0.3) is 0 Å². The molecule has 0 aliphatic carbocycles. The number of ketones is 1. The van der Waals surface area contributed by atoms with Crippen molar-refractivity contribution in [3.8, 4) is 5.75 Å². The normalized spacial score (nSPS) is 10.1. The Morgan fingerprint density at radius 3 is 2.28 bits per heavy atom. The van der Waals surface area contributed by atoms with Crippen LogP contribution in [0.1, 0.15) is 29.3 Å². The Labute approximate surface area is 107 Å². The highest BCUT2D eigenvalue weighted by molar-refractivity contribution is 5.95. The molecule has 2 nitrogen and oxygen atoms in total. The molecule has 0 fully saturated rings. The van der Waals surface area contributed by atoms with E-state index < -0.39 is 0 Å². The van der Waals surface area contributed by atoms with Crippen LogP contribution in [-0.4, -0.2) is 5.78 Å². The van der Waals surface area contributed by atoms with E-state index in [1.54, 1.807) is 0 Å². The van der Waals surface area contributed by atoms with E-state index in [0.717, 1.165) is 16.9 Å². The smallest absolute Gasteiger partial charge is 0.162 e. The molecule has 0 bridgehead atoms. The molecule has 0 atom stereocenters. The Hall–Kier alpha value is -2.09. The molecule has 0 unspecified atom stereocenters. The van der Waals surface area contributed by atoms with Gasteiger partial charge in [0.15, 0.2) is 5.78 Å². The van der Waals surface area contributed by atoms with Crippen molar-refractivity contribution in [2.24, 2.45) is 0 Å². The number of hydrogen-bond donors (Lipinski definition) is 0. The first kappa shape index (κ1) is 12.4. The molecule has 0 N–H and O–H groups in total. The highest BCUT2D eigenvalue weighted by Crippen LogP contribution is 2.12. The molecule has 2 aromatic carbocycles. The molecule has 0 saturated heterocycles. The van der Waals surface area contributed by atoms with Crippen molar-refractivity contribution in [2.75, 3.05) is 0 Å². The van der Waals surface area contributed by atoms with Gasteiger partial charge in [0.2, 0.25) is 0 Å². The Morgan fingerprint density at radius 1 is 1.00 bits per heavy atom. The van der Waals surface area contributed by atoms with Gasteiger partial charge in [-0.2, -0.15) is 0 Å². The van der Waals surface area contributed by atoms with Gasteiger partial charge in [-0.15, -0.1) is 0 Å². The largest absolute Gasteiger partial charge is 0.489 e. The van der Waals surface area contributed by atoms with Crippen LogP contribution in [0.15, 0.2) is 54.6 Å². The van der Waals surface area contributed by atoms with Gasteiger partial charge in [-0.05, 0) is 17.7 Å². The minimum absolute atomic E-state index is 0.172. The van der Waals surface area contributed by atoms with Gasteiger partial charge in [-0.3, -0.25) is 4.79 Å². The molecule has 0 aromatic heterocycles. The van der Waals surface area contributed by atoms with Crippen molar-refractivity contribution in [2.45, 2.75) is 20.0 Å². The first-order chi connectivity index (χ1) is 8.79. The molecular weight excluding hydrogens is 224 g/mol. The lowest BCUT2D eigenvalue weighted by Gasteiger charge is -2.06. The van der Waals surface area contributed by atoms with Crippen LogP contribution in [0.25, 0.3) is 0 Å². The number of benzene rings is 2. The number of ether oxygens (including phenoxy) is 1. The zero-order valence-corrected chi connectivity index (χ0v) is 10.4. The average molecular weight is 240 g/mol. The minimum atomic E-state index is 0.172. The van der Waals surface area contributed by atoms with Gasteiger partial charge in [0, 0.05) is 12.0 Å². The molecular formula is C16H16O2. The SMILES string of the molecule is CCC(=O)c1ccc(COc2ccccc2)cc1. The molecule has 2 aromatic rings. The number of hydrogen-bond acceptors (Lipinski definition) is 2. The topological polar surface area (TPSA) is 26.3 Å². The van der Waals surface area contributed by atoms with Crippen LogP contribution in [0.2, 0.25) is 0 Å². The van der Waals surface area contributed by atoms with E-state index in [1.165, 1.54) is 0 Å². The maximum absolute atomic E-state index is 11.5. The number of Topliss-reactive ketones (excluding diaryl/α,β-unsaturated/α-hetero) is 1. The summed E-state index contributed by atoms with van der Waals surface area (Å²) in [7, 11) is 0. The quantitative estimate of drug-likeness (QED) is 0.742. The van der Waals surface area contributed by atoms with Crippen LogP contribution in [-0.2, 0) is 6.61 Å². The Morgan fingerprint density at radius 2 is 1.67 bits per heavy atom. The lowest BCUT2D eigenvalue weighted by atomic mass is 10.1. The summed E-state index contributed by atoms with van der Waals surface area (Å²) in [5.74, 6) is 1.02. The zero-order valence-electron chi connectivity index (χ0n) is 10.4. The fourth-order valence-electron chi connectivity index (χ4n) is 1.67. The summed E-state index contributed by atoms with van der Waals surface area (Å²) >= 11 is 0. The number of carbonyl (C=O) groups is 1. The third kappa shape index (κ3) is 3.20. The van der Waals surface area contributed by atoms with Crippen molar-refractivity contribution >= 4 is 5.78 Å². The molecule has 2 rings (SSSR count). The Balaban J connectivity index is 1.97. The van der Waals surface area contributed by atoms with Crippen molar-refractivity contribution in [3.05, 3.63) is 65.7 Å². The lowest BCUT2D eigenvalue weighted by molar-refractivity contribution is 0.0988. The average Bonchev–Trinajstić information content (AvgIpc) is 2.46. The molecule has 2 heteroatoms. The van der Waals surface area contributed by atoms with E-state index in [2.05, 4.69) is 0 Å². The third-order valence-corrected chi connectivity index (χ3v) is 2.75. The summed E-state index contributed by atoms with van der Waals surface area (Å²) in [6.45, 7) is 2.39. The first-order valence-electron chi connectivity index (χ1n) is 6.09. The zero-order chi connectivity index (χ0) is 12.8. The van der Waals surface area contributed by atoms with Gasteiger partial charge >= 0.3 is 0 Å². The summed E-state index contributed by atoms with van der Waals surface area (Å²) in [6.07, 6.45) is 0.542.